The fourth-order valence-corrected chi connectivity index (χ4v) is 4.63. The summed E-state index contributed by atoms with van der Waals surface area (Å²) >= 11 is 1.74. The van der Waals surface area contributed by atoms with Crippen molar-refractivity contribution < 1.29 is 4.79 Å². The van der Waals surface area contributed by atoms with Gasteiger partial charge in [0.15, 0.2) is 0 Å². The van der Waals surface area contributed by atoms with Gasteiger partial charge in [-0.2, -0.15) is 0 Å². The molecule has 0 saturated carbocycles. The van der Waals surface area contributed by atoms with E-state index in [9.17, 15) is 4.79 Å². The molecule has 1 saturated heterocycles. The van der Waals surface area contributed by atoms with E-state index in [0.717, 1.165) is 36.5 Å². The maximum Gasteiger partial charge on any atom is 0.317 e. The minimum atomic E-state index is 0.0149. The Bertz CT molecular complexity index is 723. The summed E-state index contributed by atoms with van der Waals surface area (Å²) in [5.41, 5.74) is 1.07. The van der Waals surface area contributed by atoms with Gasteiger partial charge in [0.05, 0.1) is 15.2 Å². The van der Waals surface area contributed by atoms with Crippen LogP contribution in [0.5, 0.6) is 0 Å². The fourth-order valence-electron chi connectivity index (χ4n) is 3.62. The first-order chi connectivity index (χ1) is 13.5. The Morgan fingerprint density at radius 2 is 2.00 bits per heavy atom. The number of piperidine rings is 1. The van der Waals surface area contributed by atoms with E-state index in [1.165, 1.54) is 30.6 Å². The van der Waals surface area contributed by atoms with E-state index in [2.05, 4.69) is 46.3 Å². The number of fused-ring (bicyclic) bond motifs is 1. The number of nitrogens with one attached hydrogen (secondary N) is 1. The molecule has 1 fully saturated rings. The average molecular weight is 404 g/mol. The van der Waals surface area contributed by atoms with Crippen LogP contribution in [0.15, 0.2) is 24.3 Å². The number of amides is 2. The first-order valence-corrected chi connectivity index (χ1v) is 11.1. The third-order valence-electron chi connectivity index (χ3n) is 5.63. The minimum absolute atomic E-state index is 0.0149. The predicted octanol–water partition coefficient (Wildman–Crippen LogP) is 2.90. The lowest BCUT2D eigenvalue weighted by molar-refractivity contribution is 0.135. The molecule has 0 unspecified atom stereocenters. The molecule has 2 amide bonds. The van der Waals surface area contributed by atoms with Gasteiger partial charge >= 0.3 is 6.03 Å². The Morgan fingerprint density at radius 3 is 2.75 bits per heavy atom. The SMILES string of the molecule is CN1CCC(N(C)CCN(C)C(=O)NCCCc2nc3ccccc3s2)CC1. The molecule has 3 rings (SSSR count). The second-order valence-electron chi connectivity index (χ2n) is 7.85. The largest absolute Gasteiger partial charge is 0.338 e. The zero-order chi connectivity index (χ0) is 19.9. The number of carbonyl (C=O) groups excluding carboxylic acids is 1. The first-order valence-electron chi connectivity index (χ1n) is 10.2. The standard InChI is InChI=1S/C21H33N5OS/c1-24-13-10-17(11-14-24)25(2)15-16-26(3)21(27)22-12-6-9-20-23-18-7-4-5-8-19(18)28-20/h4-5,7-8,17H,6,9-16H2,1-3H3,(H,22,27). The predicted molar refractivity (Wildman–Crippen MR) is 117 cm³/mol. The number of aryl methyl sites for hydroxylation is 1. The lowest BCUT2D eigenvalue weighted by atomic mass is 10.0. The number of nitrogens with zero attached hydrogens (tertiary/aromatic N) is 4. The zero-order valence-corrected chi connectivity index (χ0v) is 18.2. The van der Waals surface area contributed by atoms with E-state index in [0.29, 0.717) is 12.6 Å². The van der Waals surface area contributed by atoms with Gasteiger partial charge in [0.1, 0.15) is 0 Å². The number of hydrogen-bond donors (Lipinski definition) is 1. The molecule has 0 aliphatic carbocycles. The van der Waals surface area contributed by atoms with Gasteiger partial charge in [-0.05, 0) is 58.6 Å². The molecule has 2 aromatic rings. The molecular formula is C21H33N5OS. The normalized spacial score (nSPS) is 16.0. The van der Waals surface area contributed by atoms with Gasteiger partial charge in [-0.15, -0.1) is 11.3 Å². The van der Waals surface area contributed by atoms with E-state index in [4.69, 9.17) is 0 Å². The Kier molecular flexibility index (Phi) is 7.65. The van der Waals surface area contributed by atoms with Gasteiger partial charge in [0.2, 0.25) is 0 Å². The summed E-state index contributed by atoms with van der Waals surface area (Å²) in [4.78, 5) is 23.5. The number of hydrogen-bond acceptors (Lipinski definition) is 5. The molecule has 0 radical (unpaired) electrons. The quantitative estimate of drug-likeness (QED) is 0.689. The summed E-state index contributed by atoms with van der Waals surface area (Å²) in [6.45, 7) is 4.69. The highest BCUT2D eigenvalue weighted by Crippen LogP contribution is 2.22. The summed E-state index contributed by atoms with van der Waals surface area (Å²) < 4.78 is 1.23. The van der Waals surface area contributed by atoms with Crippen LogP contribution in [0.3, 0.4) is 0 Å². The second-order valence-corrected chi connectivity index (χ2v) is 8.96. The van der Waals surface area contributed by atoms with Gasteiger partial charge in [-0.25, -0.2) is 9.78 Å². The number of para-hydroxylation sites is 1. The highest BCUT2D eigenvalue weighted by atomic mass is 32.1. The molecule has 0 bridgehead atoms. The number of thiazole rings is 1. The number of likely N-dealkylation sites (N-methyl/N-ethyl adjacent to an activating group) is 2. The molecule has 1 aromatic carbocycles. The lowest BCUT2D eigenvalue weighted by Crippen LogP contribution is -2.46. The Morgan fingerprint density at radius 1 is 1.25 bits per heavy atom. The van der Waals surface area contributed by atoms with E-state index < -0.39 is 0 Å². The van der Waals surface area contributed by atoms with E-state index in [1.54, 1.807) is 16.2 Å². The van der Waals surface area contributed by atoms with Crippen LogP contribution in [-0.4, -0.2) is 85.6 Å². The number of rotatable bonds is 8. The highest BCUT2D eigenvalue weighted by Gasteiger charge is 2.20. The van der Waals surface area contributed by atoms with E-state index in [1.807, 2.05) is 19.2 Å². The molecule has 2 heterocycles. The number of carbonyl (C=O) groups is 1. The number of likely N-dealkylation sites (tertiary alicyclic amines) is 1. The van der Waals surface area contributed by atoms with Gasteiger partial charge in [-0.1, -0.05) is 12.1 Å². The van der Waals surface area contributed by atoms with Gasteiger partial charge in [-0.3, -0.25) is 0 Å². The summed E-state index contributed by atoms with van der Waals surface area (Å²) in [5.74, 6) is 0. The van der Waals surface area contributed by atoms with Crippen LogP contribution < -0.4 is 5.32 Å². The summed E-state index contributed by atoms with van der Waals surface area (Å²) in [5, 5.41) is 4.18. The molecule has 0 atom stereocenters. The molecule has 28 heavy (non-hydrogen) atoms. The Hall–Kier alpha value is -1.70. The minimum Gasteiger partial charge on any atom is -0.338 e. The third kappa shape index (κ3) is 5.90. The van der Waals surface area contributed by atoms with Crippen molar-refractivity contribution in [2.75, 3.05) is 53.9 Å². The van der Waals surface area contributed by atoms with Crippen LogP contribution in [-0.2, 0) is 6.42 Å². The highest BCUT2D eigenvalue weighted by molar-refractivity contribution is 7.18. The summed E-state index contributed by atoms with van der Waals surface area (Å²) in [6.07, 6.45) is 4.25. The van der Waals surface area contributed by atoms with Gasteiger partial charge < -0.3 is 20.0 Å². The van der Waals surface area contributed by atoms with Crippen molar-refractivity contribution in [2.45, 2.75) is 31.7 Å². The van der Waals surface area contributed by atoms with Crippen molar-refractivity contribution in [3.63, 3.8) is 0 Å². The van der Waals surface area contributed by atoms with Crippen LogP contribution in [0.1, 0.15) is 24.3 Å². The van der Waals surface area contributed by atoms with Crippen LogP contribution in [0, 0.1) is 0 Å². The van der Waals surface area contributed by atoms with Crippen molar-refractivity contribution in [1.29, 1.82) is 0 Å². The third-order valence-corrected chi connectivity index (χ3v) is 6.72. The van der Waals surface area contributed by atoms with E-state index in [-0.39, 0.29) is 6.03 Å². The summed E-state index contributed by atoms with van der Waals surface area (Å²) in [7, 11) is 6.25. The fraction of sp³-hybridized carbons (Fsp3) is 0.619. The lowest BCUT2D eigenvalue weighted by Gasteiger charge is -2.35. The molecule has 1 aliphatic rings. The van der Waals surface area contributed by atoms with Crippen LogP contribution in [0.2, 0.25) is 0 Å². The van der Waals surface area contributed by atoms with Crippen molar-refractivity contribution in [3.05, 3.63) is 29.3 Å². The van der Waals surface area contributed by atoms with Crippen molar-refractivity contribution in [2.24, 2.45) is 0 Å². The smallest absolute Gasteiger partial charge is 0.317 e. The Balaban J connectivity index is 1.31. The summed E-state index contributed by atoms with van der Waals surface area (Å²) in [6, 6.07) is 8.88. The monoisotopic (exact) mass is 403 g/mol. The molecular weight excluding hydrogens is 370 g/mol. The maximum absolute atomic E-state index is 12.3. The molecule has 0 spiro atoms. The van der Waals surface area contributed by atoms with Crippen molar-refractivity contribution >= 4 is 27.6 Å². The number of aromatic nitrogens is 1. The van der Waals surface area contributed by atoms with Crippen LogP contribution >= 0.6 is 11.3 Å². The van der Waals surface area contributed by atoms with Gasteiger partial charge in [0, 0.05) is 39.1 Å². The topological polar surface area (TPSA) is 51.7 Å². The second kappa shape index (κ2) is 10.2. The number of benzene rings is 1. The van der Waals surface area contributed by atoms with Crippen LogP contribution in [0.25, 0.3) is 10.2 Å². The number of urea groups is 1. The van der Waals surface area contributed by atoms with Crippen molar-refractivity contribution in [3.8, 4) is 0 Å². The maximum atomic E-state index is 12.3. The average Bonchev–Trinajstić information content (AvgIpc) is 3.12. The van der Waals surface area contributed by atoms with E-state index >= 15 is 0 Å². The molecule has 7 heteroatoms. The van der Waals surface area contributed by atoms with Crippen LogP contribution in [0.4, 0.5) is 4.79 Å². The molecule has 154 valence electrons. The zero-order valence-electron chi connectivity index (χ0n) is 17.4. The molecule has 1 aromatic heterocycles. The van der Waals surface area contributed by atoms with Gasteiger partial charge in [0.25, 0.3) is 0 Å². The van der Waals surface area contributed by atoms with Crippen molar-refractivity contribution in [1.82, 2.24) is 25.0 Å². The molecule has 6 nitrogen and oxygen atoms in total. The first kappa shape index (κ1) is 21.0. The molecule has 1 aliphatic heterocycles. The Labute approximate surface area is 172 Å². The molecule has 1 N–H and O–H groups in total.